The van der Waals surface area contributed by atoms with Gasteiger partial charge in [0.15, 0.2) is 0 Å². The van der Waals surface area contributed by atoms with Crippen molar-refractivity contribution in [1.29, 1.82) is 0 Å². The van der Waals surface area contributed by atoms with E-state index in [-0.39, 0.29) is 5.91 Å². The molecule has 1 aliphatic heterocycles. The Labute approximate surface area is 164 Å². The molecule has 1 fully saturated rings. The molecule has 6 nitrogen and oxygen atoms in total. The molecule has 1 aromatic carbocycles. The number of piperazine rings is 1. The minimum Gasteiger partial charge on any atom is -0.465 e. The lowest BCUT2D eigenvalue weighted by Crippen LogP contribution is -2.44. The second kappa shape index (κ2) is 7.86. The summed E-state index contributed by atoms with van der Waals surface area (Å²) in [7, 11) is 2.15. The number of carbonyl (C=O) groups excluding carboxylic acids is 1. The third-order valence-electron chi connectivity index (χ3n) is 5.04. The number of hydrogen-bond donors (Lipinski definition) is 1. The molecule has 6 heteroatoms. The van der Waals surface area contributed by atoms with Crippen LogP contribution in [0.4, 0.5) is 11.5 Å². The molecular formula is C22H24N4O2. The number of carbonyl (C=O) groups is 1. The Hall–Kier alpha value is -3.12. The third-order valence-corrected chi connectivity index (χ3v) is 5.04. The van der Waals surface area contributed by atoms with Crippen molar-refractivity contribution in [3.63, 3.8) is 0 Å². The van der Waals surface area contributed by atoms with Crippen LogP contribution in [0.1, 0.15) is 11.3 Å². The van der Waals surface area contributed by atoms with Crippen molar-refractivity contribution in [2.45, 2.75) is 6.92 Å². The molecule has 2 aromatic heterocycles. The van der Waals surface area contributed by atoms with E-state index < -0.39 is 0 Å². The zero-order valence-electron chi connectivity index (χ0n) is 16.2. The van der Waals surface area contributed by atoms with E-state index in [1.807, 2.05) is 18.2 Å². The maximum atomic E-state index is 12.1. The highest BCUT2D eigenvalue weighted by Gasteiger charge is 2.16. The smallest absolute Gasteiger partial charge is 0.248 e. The Morgan fingerprint density at radius 2 is 2.00 bits per heavy atom. The van der Waals surface area contributed by atoms with Crippen LogP contribution in [0.25, 0.3) is 17.0 Å². The second-order valence-corrected chi connectivity index (χ2v) is 7.16. The molecule has 28 heavy (non-hydrogen) atoms. The van der Waals surface area contributed by atoms with Crippen LogP contribution in [0.15, 0.2) is 53.2 Å². The minimum absolute atomic E-state index is 0.199. The molecule has 1 amide bonds. The van der Waals surface area contributed by atoms with Crippen LogP contribution >= 0.6 is 0 Å². The van der Waals surface area contributed by atoms with E-state index in [0.717, 1.165) is 54.2 Å². The molecule has 1 N–H and O–H groups in total. The van der Waals surface area contributed by atoms with Crippen molar-refractivity contribution in [3.8, 4) is 0 Å². The Kier molecular flexibility index (Phi) is 5.12. The monoisotopic (exact) mass is 376 g/mol. The van der Waals surface area contributed by atoms with Gasteiger partial charge in [-0.25, -0.2) is 4.98 Å². The van der Waals surface area contributed by atoms with Gasteiger partial charge in [-0.1, -0.05) is 0 Å². The van der Waals surface area contributed by atoms with E-state index >= 15 is 0 Å². The number of fused-ring (bicyclic) bond motifs is 1. The summed E-state index contributed by atoms with van der Waals surface area (Å²) in [6.07, 6.45) is 4.68. The van der Waals surface area contributed by atoms with Gasteiger partial charge in [0.05, 0.1) is 11.8 Å². The van der Waals surface area contributed by atoms with E-state index in [4.69, 9.17) is 9.40 Å². The number of benzene rings is 1. The highest BCUT2D eigenvalue weighted by molar-refractivity contribution is 6.03. The molecule has 144 valence electrons. The van der Waals surface area contributed by atoms with Crippen LogP contribution in [-0.2, 0) is 4.79 Å². The van der Waals surface area contributed by atoms with Gasteiger partial charge in [0, 0.05) is 43.3 Å². The third kappa shape index (κ3) is 4.07. The van der Waals surface area contributed by atoms with Gasteiger partial charge in [0.2, 0.25) is 5.91 Å². The molecule has 3 heterocycles. The number of rotatable bonds is 4. The molecule has 1 aliphatic rings. The summed E-state index contributed by atoms with van der Waals surface area (Å²) >= 11 is 0. The Bertz CT molecular complexity index is 1000. The predicted octanol–water partition coefficient (Wildman–Crippen LogP) is 3.54. The first kappa shape index (κ1) is 18.3. The number of furan rings is 1. The van der Waals surface area contributed by atoms with Crippen molar-refractivity contribution in [3.05, 3.63) is 60.1 Å². The summed E-state index contributed by atoms with van der Waals surface area (Å²) in [5, 5.41) is 3.94. The van der Waals surface area contributed by atoms with Crippen LogP contribution in [0, 0.1) is 6.92 Å². The van der Waals surface area contributed by atoms with Gasteiger partial charge >= 0.3 is 0 Å². The summed E-state index contributed by atoms with van der Waals surface area (Å²) in [6.45, 7) is 6.17. The first-order valence-electron chi connectivity index (χ1n) is 9.46. The van der Waals surface area contributed by atoms with Crippen LogP contribution in [0.2, 0.25) is 0 Å². The van der Waals surface area contributed by atoms with Crippen molar-refractivity contribution >= 4 is 34.4 Å². The van der Waals surface area contributed by atoms with E-state index in [9.17, 15) is 4.79 Å². The summed E-state index contributed by atoms with van der Waals surface area (Å²) in [4.78, 5) is 21.7. The first-order chi connectivity index (χ1) is 13.6. The number of pyridine rings is 1. The fraction of sp³-hybridized carbons (Fsp3) is 0.273. The number of amides is 1. The fourth-order valence-electron chi connectivity index (χ4n) is 3.38. The highest BCUT2D eigenvalue weighted by Crippen LogP contribution is 2.26. The number of hydrogen-bond acceptors (Lipinski definition) is 5. The van der Waals surface area contributed by atoms with Gasteiger partial charge in [0.1, 0.15) is 11.6 Å². The average molecular weight is 376 g/mol. The number of nitrogens with zero attached hydrogens (tertiary/aromatic N) is 3. The molecule has 0 radical (unpaired) electrons. The van der Waals surface area contributed by atoms with Gasteiger partial charge < -0.3 is 19.5 Å². The summed E-state index contributed by atoms with van der Waals surface area (Å²) in [5.74, 6) is 1.47. The zero-order chi connectivity index (χ0) is 19.5. The minimum atomic E-state index is -0.199. The quantitative estimate of drug-likeness (QED) is 0.706. The van der Waals surface area contributed by atoms with Crippen molar-refractivity contribution in [2.75, 3.05) is 43.4 Å². The normalized spacial score (nSPS) is 15.4. The Morgan fingerprint density at radius 1 is 1.18 bits per heavy atom. The molecule has 3 aromatic rings. The van der Waals surface area contributed by atoms with Crippen LogP contribution in [0.5, 0.6) is 0 Å². The van der Waals surface area contributed by atoms with Crippen molar-refractivity contribution in [2.24, 2.45) is 0 Å². The lowest BCUT2D eigenvalue weighted by atomic mass is 10.1. The van der Waals surface area contributed by atoms with Gasteiger partial charge in [-0.2, -0.15) is 0 Å². The zero-order valence-corrected chi connectivity index (χ0v) is 16.2. The number of anilines is 2. The highest BCUT2D eigenvalue weighted by atomic mass is 16.3. The predicted molar refractivity (Wildman–Crippen MR) is 113 cm³/mol. The molecule has 0 spiro atoms. The van der Waals surface area contributed by atoms with Gasteiger partial charge in [0.25, 0.3) is 0 Å². The molecule has 1 saturated heterocycles. The van der Waals surface area contributed by atoms with Crippen molar-refractivity contribution < 1.29 is 9.21 Å². The Morgan fingerprint density at radius 3 is 2.75 bits per heavy atom. The molecule has 0 bridgehead atoms. The van der Waals surface area contributed by atoms with Gasteiger partial charge in [-0.3, -0.25) is 4.79 Å². The lowest BCUT2D eigenvalue weighted by Gasteiger charge is -2.33. The largest absolute Gasteiger partial charge is 0.465 e. The van der Waals surface area contributed by atoms with Crippen LogP contribution in [-0.4, -0.2) is 49.0 Å². The summed E-state index contributed by atoms with van der Waals surface area (Å²) in [6, 6.07) is 11.6. The van der Waals surface area contributed by atoms with Crippen molar-refractivity contribution in [1.82, 2.24) is 9.88 Å². The Balaban J connectivity index is 1.51. The topological polar surface area (TPSA) is 61.6 Å². The maximum absolute atomic E-state index is 12.1. The van der Waals surface area contributed by atoms with Crippen LogP contribution in [0.3, 0.4) is 0 Å². The number of aromatic nitrogens is 1. The van der Waals surface area contributed by atoms with E-state index in [1.165, 1.54) is 6.08 Å². The second-order valence-electron chi connectivity index (χ2n) is 7.16. The number of aryl methyl sites for hydroxylation is 1. The number of likely N-dealkylation sites (N-methyl/N-ethyl adjacent to an activating group) is 1. The summed E-state index contributed by atoms with van der Waals surface area (Å²) < 4.78 is 5.19. The first-order valence-corrected chi connectivity index (χ1v) is 9.46. The van der Waals surface area contributed by atoms with E-state index in [1.54, 1.807) is 24.5 Å². The molecule has 4 rings (SSSR count). The lowest BCUT2D eigenvalue weighted by molar-refractivity contribution is -0.111. The summed E-state index contributed by atoms with van der Waals surface area (Å²) in [5.41, 5.74) is 2.85. The van der Waals surface area contributed by atoms with Gasteiger partial charge in [-0.15, -0.1) is 0 Å². The number of nitrogens with one attached hydrogen (secondary N) is 1. The molecule has 0 aliphatic carbocycles. The van der Waals surface area contributed by atoms with E-state index in [2.05, 4.69) is 35.2 Å². The average Bonchev–Trinajstić information content (AvgIpc) is 3.21. The van der Waals surface area contributed by atoms with E-state index in [0.29, 0.717) is 5.76 Å². The molecule has 0 atom stereocenters. The maximum Gasteiger partial charge on any atom is 0.248 e. The van der Waals surface area contributed by atoms with Gasteiger partial charge in [-0.05, 0) is 62.0 Å². The van der Waals surface area contributed by atoms with Crippen LogP contribution < -0.4 is 10.2 Å². The molecular weight excluding hydrogens is 352 g/mol. The fourth-order valence-corrected chi connectivity index (χ4v) is 3.38. The SMILES string of the molecule is Cc1cc(N2CCN(C)CC2)nc2ccc(NC(=O)/C=C/c3ccco3)cc12. The molecule has 0 unspecified atom stereocenters. The standard InChI is InChI=1S/C22H24N4O2/c1-16-14-21(26-11-9-25(2)10-12-26)24-20-7-5-17(15-19(16)20)23-22(27)8-6-18-4-3-13-28-18/h3-8,13-15H,9-12H2,1-2H3,(H,23,27)/b8-6+. The molecule has 0 saturated carbocycles.